The molecule has 2 fully saturated rings. The van der Waals surface area contributed by atoms with Crippen LogP contribution in [0.5, 0.6) is 0 Å². The maximum Gasteiger partial charge on any atom is 0.455 e. The second-order valence-electron chi connectivity index (χ2n) is 9.57. The summed E-state index contributed by atoms with van der Waals surface area (Å²) in [5, 5.41) is 19.8. The minimum Gasteiger partial charge on any atom is -0.459 e. The number of rotatable bonds is 9. The molecule has 2 saturated heterocycles. The number of furan rings is 1. The van der Waals surface area contributed by atoms with Crippen LogP contribution in [-0.2, 0) is 25.6 Å². The lowest BCUT2D eigenvalue weighted by Gasteiger charge is -2.43. The van der Waals surface area contributed by atoms with Crippen LogP contribution < -0.4 is 0 Å². The Hall–Kier alpha value is -2.20. The number of fused-ring (bicyclic) bond motifs is 3. The fourth-order valence-electron chi connectivity index (χ4n) is 5.81. The third kappa shape index (κ3) is 4.80. The van der Waals surface area contributed by atoms with E-state index in [2.05, 4.69) is 0 Å². The fourth-order valence-corrected chi connectivity index (χ4v) is 5.81. The van der Waals surface area contributed by atoms with E-state index in [1.54, 1.807) is 13.2 Å². The first-order valence-electron chi connectivity index (χ1n) is 12.1. The van der Waals surface area contributed by atoms with E-state index in [4.69, 9.17) is 13.8 Å². The molecule has 2 amide bonds. The molecule has 184 valence electrons. The molecule has 4 atom stereocenters. The first-order valence-corrected chi connectivity index (χ1v) is 12.1. The van der Waals surface area contributed by atoms with Gasteiger partial charge >= 0.3 is 7.12 Å². The lowest BCUT2D eigenvalue weighted by atomic mass is 9.58. The topological polar surface area (TPSA) is 109 Å². The average Bonchev–Trinajstić information content (AvgIpc) is 3.35. The number of hydrogen-bond acceptors (Lipinski definition) is 7. The number of allylic oxidation sites excluding steroid dienone is 1. The minimum atomic E-state index is -0.981. The number of likely N-dealkylation sites (tertiary alicyclic amines) is 1. The highest BCUT2D eigenvalue weighted by Crippen LogP contribution is 2.50. The normalized spacial score (nSPS) is 27.5. The van der Waals surface area contributed by atoms with Crippen molar-refractivity contribution in [3.05, 3.63) is 40.4 Å². The molecule has 3 heterocycles. The molecule has 0 bridgehead atoms. The molecule has 34 heavy (non-hydrogen) atoms. The molecule has 4 rings (SSSR count). The van der Waals surface area contributed by atoms with Gasteiger partial charge in [0.25, 0.3) is 0 Å². The molecule has 0 unspecified atom stereocenters. The predicted octanol–water partition coefficient (Wildman–Crippen LogP) is 2.81. The Morgan fingerprint density at radius 2 is 2.09 bits per heavy atom. The van der Waals surface area contributed by atoms with Crippen LogP contribution in [0.2, 0.25) is 6.32 Å². The lowest BCUT2D eigenvalue weighted by Crippen LogP contribution is -2.46. The molecule has 1 aromatic heterocycles. The number of hydrogen-bond donors (Lipinski definition) is 2. The van der Waals surface area contributed by atoms with Crippen molar-refractivity contribution >= 4 is 25.0 Å². The minimum absolute atomic E-state index is 0.0958. The first-order chi connectivity index (χ1) is 16.4. The third-order valence-electron chi connectivity index (χ3n) is 7.19. The SMILES string of the molecule is CCCN1C(=O)[C@@H]2[C@@H](CC(COC)=C3[C@@H](CC/C(C)=C/c4ccc(CO)o4)OB(O)C[C@@H]32)C1=O. The Morgan fingerprint density at radius 3 is 2.76 bits per heavy atom. The second kappa shape index (κ2) is 10.6. The van der Waals surface area contributed by atoms with Crippen LogP contribution in [0.1, 0.15) is 51.1 Å². The van der Waals surface area contributed by atoms with Crippen molar-refractivity contribution in [1.82, 2.24) is 4.90 Å². The van der Waals surface area contributed by atoms with Gasteiger partial charge in [-0.3, -0.25) is 14.5 Å². The van der Waals surface area contributed by atoms with Crippen LogP contribution in [0.3, 0.4) is 0 Å². The summed E-state index contributed by atoms with van der Waals surface area (Å²) in [7, 11) is 0.648. The molecule has 0 saturated carbocycles. The maximum absolute atomic E-state index is 13.3. The van der Waals surface area contributed by atoms with E-state index in [1.165, 1.54) is 4.90 Å². The predicted molar refractivity (Wildman–Crippen MR) is 126 cm³/mol. The van der Waals surface area contributed by atoms with Gasteiger partial charge < -0.3 is 23.9 Å². The van der Waals surface area contributed by atoms with E-state index in [0.29, 0.717) is 50.3 Å². The van der Waals surface area contributed by atoms with Gasteiger partial charge in [0.1, 0.15) is 18.1 Å². The van der Waals surface area contributed by atoms with Gasteiger partial charge in [-0.05, 0) is 74.2 Å². The van der Waals surface area contributed by atoms with Crippen LogP contribution >= 0.6 is 0 Å². The van der Waals surface area contributed by atoms with Crippen LogP contribution in [0.15, 0.2) is 33.3 Å². The second-order valence-corrected chi connectivity index (χ2v) is 9.57. The standard InChI is InChI=1S/C25H34BNO7/c1-4-9-27-24(29)19-11-16(14-32-3)22-20(23(19)25(27)30)12-26(31)34-21(22)8-5-15(2)10-17-6-7-18(13-28)33-17/h6-7,10,19-21,23,28,31H,4-5,8-9,11-14H2,1-3H3/b15-10+/t19-,20+,21-,23-/m1/s1. The zero-order valence-electron chi connectivity index (χ0n) is 20.2. The third-order valence-corrected chi connectivity index (χ3v) is 7.19. The average molecular weight is 471 g/mol. The molecule has 0 radical (unpaired) electrons. The molecule has 2 N–H and O–H groups in total. The van der Waals surface area contributed by atoms with Gasteiger partial charge in [-0.15, -0.1) is 0 Å². The van der Waals surface area contributed by atoms with Crippen LogP contribution in [0, 0.1) is 17.8 Å². The van der Waals surface area contributed by atoms with Crippen molar-refractivity contribution in [2.75, 3.05) is 20.3 Å². The van der Waals surface area contributed by atoms with Gasteiger partial charge in [0.05, 0.1) is 24.5 Å². The monoisotopic (exact) mass is 471 g/mol. The fraction of sp³-hybridized carbons (Fsp3) is 0.600. The number of carbonyl (C=O) groups is 2. The van der Waals surface area contributed by atoms with Gasteiger partial charge in [0.2, 0.25) is 11.8 Å². The molecule has 0 aromatic carbocycles. The summed E-state index contributed by atoms with van der Waals surface area (Å²) >= 11 is 0. The zero-order chi connectivity index (χ0) is 24.4. The summed E-state index contributed by atoms with van der Waals surface area (Å²) in [6.07, 6.45) is 4.44. The summed E-state index contributed by atoms with van der Waals surface area (Å²) in [5.41, 5.74) is 3.12. The summed E-state index contributed by atoms with van der Waals surface area (Å²) in [6, 6.07) is 3.56. The van der Waals surface area contributed by atoms with Crippen LogP contribution in [-0.4, -0.2) is 60.3 Å². The van der Waals surface area contributed by atoms with Crippen molar-refractivity contribution in [1.29, 1.82) is 0 Å². The van der Waals surface area contributed by atoms with E-state index < -0.39 is 13.0 Å². The van der Waals surface area contributed by atoms with E-state index in [9.17, 15) is 19.7 Å². The molecular weight excluding hydrogens is 437 g/mol. The first kappa shape index (κ1) is 24.9. The maximum atomic E-state index is 13.3. The van der Waals surface area contributed by atoms with E-state index in [1.807, 2.05) is 26.0 Å². The Kier molecular flexibility index (Phi) is 7.77. The lowest BCUT2D eigenvalue weighted by molar-refractivity contribution is -0.140. The number of methoxy groups -OCH3 is 1. The molecule has 8 nitrogen and oxygen atoms in total. The van der Waals surface area contributed by atoms with Crippen LogP contribution in [0.25, 0.3) is 6.08 Å². The summed E-state index contributed by atoms with van der Waals surface area (Å²) < 4.78 is 17.0. The smallest absolute Gasteiger partial charge is 0.455 e. The highest BCUT2D eigenvalue weighted by molar-refractivity contribution is 6.43. The Labute approximate surface area is 200 Å². The highest BCUT2D eigenvalue weighted by Gasteiger charge is 2.57. The zero-order valence-corrected chi connectivity index (χ0v) is 20.2. The quantitative estimate of drug-likeness (QED) is 0.324. The number of aliphatic hydroxyl groups is 1. The number of imide groups is 1. The number of nitrogens with zero attached hydrogens (tertiary/aromatic N) is 1. The summed E-state index contributed by atoms with van der Waals surface area (Å²) in [4.78, 5) is 27.7. The highest BCUT2D eigenvalue weighted by atomic mass is 16.5. The molecule has 3 aliphatic rings. The molecule has 1 aliphatic carbocycles. The van der Waals surface area contributed by atoms with E-state index >= 15 is 0 Å². The summed E-state index contributed by atoms with van der Waals surface area (Å²) in [5.74, 6) is -0.0664. The Morgan fingerprint density at radius 1 is 1.29 bits per heavy atom. The number of amides is 2. The van der Waals surface area contributed by atoms with Crippen LogP contribution in [0.4, 0.5) is 0 Å². The van der Waals surface area contributed by atoms with E-state index in [0.717, 1.165) is 23.1 Å². The molecule has 9 heteroatoms. The number of ether oxygens (including phenoxy) is 1. The van der Waals surface area contributed by atoms with Gasteiger partial charge in [-0.25, -0.2) is 0 Å². The molecule has 2 aliphatic heterocycles. The van der Waals surface area contributed by atoms with E-state index in [-0.39, 0.29) is 36.4 Å². The Bertz CT molecular complexity index is 984. The van der Waals surface area contributed by atoms with Gasteiger partial charge in [0, 0.05) is 13.7 Å². The van der Waals surface area contributed by atoms with Crippen molar-refractivity contribution in [3.63, 3.8) is 0 Å². The van der Waals surface area contributed by atoms with Crippen molar-refractivity contribution in [2.45, 2.75) is 58.6 Å². The van der Waals surface area contributed by atoms with Gasteiger partial charge in [-0.1, -0.05) is 12.5 Å². The number of aliphatic hydroxyl groups excluding tert-OH is 1. The summed E-state index contributed by atoms with van der Waals surface area (Å²) in [6.45, 7) is 4.63. The van der Waals surface area contributed by atoms with Gasteiger partial charge in [0.15, 0.2) is 0 Å². The van der Waals surface area contributed by atoms with Crippen molar-refractivity contribution < 1.29 is 33.5 Å². The molecule has 1 aromatic rings. The van der Waals surface area contributed by atoms with Crippen molar-refractivity contribution in [3.8, 4) is 0 Å². The molecular formula is C25H34BNO7. The number of carbonyl (C=O) groups excluding carboxylic acids is 2. The van der Waals surface area contributed by atoms with Gasteiger partial charge in [-0.2, -0.15) is 0 Å². The largest absolute Gasteiger partial charge is 0.459 e. The molecule has 0 spiro atoms. The van der Waals surface area contributed by atoms with Crippen molar-refractivity contribution in [2.24, 2.45) is 17.8 Å². The Balaban J connectivity index is 1.58.